The highest BCUT2D eigenvalue weighted by atomic mass is 79.9. The normalized spacial score (nSPS) is 20.2. The quantitative estimate of drug-likeness (QED) is 0.843. The Labute approximate surface area is 137 Å². The third-order valence-corrected chi connectivity index (χ3v) is 8.12. The highest BCUT2D eigenvalue weighted by Gasteiger charge is 2.31. The first-order valence-corrected chi connectivity index (χ1v) is 9.82. The van der Waals surface area contributed by atoms with Gasteiger partial charge in [0.05, 0.1) is 8.81 Å². The predicted octanol–water partition coefficient (Wildman–Crippen LogP) is 3.17. The summed E-state index contributed by atoms with van der Waals surface area (Å²) in [5, 5.41) is 0.431. The lowest BCUT2D eigenvalue weighted by Crippen LogP contribution is -2.43. The Morgan fingerprint density at radius 2 is 2.10 bits per heavy atom. The molecule has 1 aliphatic rings. The third kappa shape index (κ3) is 3.96. The number of hydrogen-bond donors (Lipinski definition) is 1. The molecule has 0 aliphatic carbocycles. The van der Waals surface area contributed by atoms with Gasteiger partial charge in [0.1, 0.15) is 4.21 Å². The van der Waals surface area contributed by atoms with Crippen LogP contribution in [-0.2, 0) is 10.0 Å². The van der Waals surface area contributed by atoms with Crippen LogP contribution < -0.4 is 4.72 Å². The molecule has 20 heavy (non-hydrogen) atoms. The molecule has 2 rings (SSSR count). The van der Waals surface area contributed by atoms with Gasteiger partial charge in [-0.1, -0.05) is 18.5 Å². The number of rotatable bonds is 4. The number of halogens is 2. The van der Waals surface area contributed by atoms with Crippen LogP contribution in [0.5, 0.6) is 0 Å². The minimum absolute atomic E-state index is 0.0257. The molecule has 1 aromatic rings. The largest absolute Gasteiger partial charge is 0.306 e. The van der Waals surface area contributed by atoms with E-state index in [-0.39, 0.29) is 9.62 Å². The van der Waals surface area contributed by atoms with Gasteiger partial charge in [-0.3, -0.25) is 0 Å². The topological polar surface area (TPSA) is 49.4 Å². The van der Waals surface area contributed by atoms with Crippen LogP contribution in [0, 0.1) is 5.41 Å². The molecule has 1 aromatic heterocycles. The van der Waals surface area contributed by atoms with E-state index >= 15 is 0 Å². The second-order valence-corrected chi connectivity index (χ2v) is 10.4. The number of thiophene rings is 1. The van der Waals surface area contributed by atoms with E-state index in [1.807, 2.05) is 0 Å². The van der Waals surface area contributed by atoms with Crippen LogP contribution >= 0.6 is 38.9 Å². The van der Waals surface area contributed by atoms with E-state index in [9.17, 15) is 8.42 Å². The van der Waals surface area contributed by atoms with Gasteiger partial charge in [-0.15, -0.1) is 11.3 Å². The smallest absolute Gasteiger partial charge is 0.250 e. The van der Waals surface area contributed by atoms with Crippen LogP contribution in [-0.4, -0.2) is 40.0 Å². The monoisotopic (exact) mass is 400 g/mol. The maximum Gasteiger partial charge on any atom is 0.250 e. The van der Waals surface area contributed by atoms with Crippen molar-refractivity contribution in [2.75, 3.05) is 26.7 Å². The fraction of sp³-hybridized carbons (Fsp3) is 0.667. The van der Waals surface area contributed by atoms with Crippen molar-refractivity contribution in [2.45, 2.75) is 24.0 Å². The molecule has 1 saturated heterocycles. The molecule has 8 heteroatoms. The van der Waals surface area contributed by atoms with E-state index in [0.717, 1.165) is 37.3 Å². The molecule has 0 radical (unpaired) electrons. The zero-order valence-corrected chi connectivity index (χ0v) is 15.4. The number of likely N-dealkylation sites (tertiary alicyclic amines) is 1. The summed E-state index contributed by atoms with van der Waals surface area (Å²) in [6.07, 6.45) is 2.00. The molecular weight excluding hydrogens is 384 g/mol. The fourth-order valence-corrected chi connectivity index (χ4v) is 5.78. The van der Waals surface area contributed by atoms with Crippen molar-refractivity contribution in [2.24, 2.45) is 5.41 Å². The molecule has 1 fully saturated rings. The van der Waals surface area contributed by atoms with Crippen LogP contribution in [0.25, 0.3) is 0 Å². The molecule has 0 amide bonds. The van der Waals surface area contributed by atoms with Crippen LogP contribution in [0.1, 0.15) is 19.8 Å². The SMILES string of the molecule is CN1CCC(C)(CNS(=O)(=O)c2cc(Cl)c(Br)s2)CC1. The Morgan fingerprint density at radius 3 is 2.60 bits per heavy atom. The van der Waals surface area contributed by atoms with Crippen molar-refractivity contribution in [1.82, 2.24) is 9.62 Å². The summed E-state index contributed by atoms with van der Waals surface area (Å²) in [5.41, 5.74) is 0.0257. The molecule has 0 spiro atoms. The van der Waals surface area contributed by atoms with Crippen molar-refractivity contribution >= 4 is 48.9 Å². The van der Waals surface area contributed by atoms with Gasteiger partial charge in [0.2, 0.25) is 10.0 Å². The summed E-state index contributed by atoms with van der Waals surface area (Å²) in [5.74, 6) is 0. The first kappa shape index (κ1) is 16.7. The first-order chi connectivity index (χ1) is 9.22. The zero-order valence-electron chi connectivity index (χ0n) is 11.4. The summed E-state index contributed by atoms with van der Waals surface area (Å²) in [6, 6.07) is 1.48. The van der Waals surface area contributed by atoms with Gasteiger partial charge >= 0.3 is 0 Å². The molecule has 1 aliphatic heterocycles. The van der Waals surface area contributed by atoms with Crippen LogP contribution in [0.15, 0.2) is 14.1 Å². The molecule has 0 unspecified atom stereocenters. The average Bonchev–Trinajstić information content (AvgIpc) is 2.73. The second kappa shape index (κ2) is 6.22. The van der Waals surface area contributed by atoms with Gasteiger partial charge < -0.3 is 4.90 Å². The Balaban J connectivity index is 2.02. The highest BCUT2D eigenvalue weighted by Crippen LogP contribution is 2.35. The summed E-state index contributed by atoms with van der Waals surface area (Å²) in [7, 11) is -1.38. The standard InChI is InChI=1S/C12H18BrClN2O2S2/c1-12(3-5-16(2)6-4-12)8-15-20(17,18)10-7-9(14)11(13)19-10/h7,15H,3-6,8H2,1-2H3. The fourth-order valence-electron chi connectivity index (χ4n) is 2.13. The average molecular weight is 402 g/mol. The van der Waals surface area contributed by atoms with Gasteiger partial charge in [0.25, 0.3) is 0 Å². The summed E-state index contributed by atoms with van der Waals surface area (Å²) in [4.78, 5) is 2.27. The van der Waals surface area contributed by atoms with Crippen molar-refractivity contribution in [3.05, 3.63) is 14.9 Å². The molecule has 114 valence electrons. The molecular formula is C12H18BrClN2O2S2. The molecule has 1 N–H and O–H groups in total. The first-order valence-electron chi connectivity index (χ1n) is 6.35. The Morgan fingerprint density at radius 1 is 1.50 bits per heavy atom. The molecule has 0 atom stereocenters. The van der Waals surface area contributed by atoms with E-state index in [1.165, 1.54) is 6.07 Å². The van der Waals surface area contributed by atoms with E-state index in [0.29, 0.717) is 15.4 Å². The number of sulfonamides is 1. The summed E-state index contributed by atoms with van der Waals surface area (Å²) in [6.45, 7) is 4.62. The van der Waals surface area contributed by atoms with E-state index in [1.54, 1.807) is 0 Å². The number of piperidine rings is 1. The van der Waals surface area contributed by atoms with E-state index < -0.39 is 10.0 Å². The van der Waals surface area contributed by atoms with Crippen molar-refractivity contribution in [3.63, 3.8) is 0 Å². The summed E-state index contributed by atoms with van der Waals surface area (Å²) < 4.78 is 28.1. The highest BCUT2D eigenvalue weighted by molar-refractivity contribution is 9.11. The van der Waals surface area contributed by atoms with Crippen LogP contribution in [0.2, 0.25) is 5.02 Å². The number of nitrogens with zero attached hydrogens (tertiary/aromatic N) is 1. The maximum atomic E-state index is 12.3. The van der Waals surface area contributed by atoms with Gasteiger partial charge in [-0.2, -0.15) is 0 Å². The van der Waals surface area contributed by atoms with Crippen molar-refractivity contribution in [1.29, 1.82) is 0 Å². The number of hydrogen-bond acceptors (Lipinski definition) is 4. The van der Waals surface area contributed by atoms with Crippen molar-refractivity contribution < 1.29 is 8.42 Å². The molecule has 0 saturated carbocycles. The molecule has 4 nitrogen and oxygen atoms in total. The van der Waals surface area contributed by atoms with E-state index in [2.05, 4.69) is 39.5 Å². The number of nitrogens with one attached hydrogen (secondary N) is 1. The van der Waals surface area contributed by atoms with Gasteiger partial charge in [-0.05, 0) is 60.4 Å². The predicted molar refractivity (Wildman–Crippen MR) is 87.1 cm³/mol. The lowest BCUT2D eigenvalue weighted by atomic mass is 9.81. The molecule has 0 aromatic carbocycles. The lowest BCUT2D eigenvalue weighted by Gasteiger charge is -2.37. The van der Waals surface area contributed by atoms with Crippen LogP contribution in [0.3, 0.4) is 0 Å². The van der Waals surface area contributed by atoms with Gasteiger partial charge in [0.15, 0.2) is 0 Å². The van der Waals surface area contributed by atoms with Crippen molar-refractivity contribution in [3.8, 4) is 0 Å². The molecule has 0 bridgehead atoms. The maximum absolute atomic E-state index is 12.3. The second-order valence-electron chi connectivity index (χ2n) is 5.63. The Bertz CT molecular complexity index is 561. The Hall–Kier alpha value is 0.340. The van der Waals surface area contributed by atoms with Gasteiger partial charge in [-0.25, -0.2) is 13.1 Å². The molecule has 2 heterocycles. The van der Waals surface area contributed by atoms with Crippen LogP contribution in [0.4, 0.5) is 0 Å². The van der Waals surface area contributed by atoms with Gasteiger partial charge in [0, 0.05) is 6.54 Å². The minimum atomic E-state index is -3.47. The lowest BCUT2D eigenvalue weighted by molar-refractivity contribution is 0.143. The summed E-state index contributed by atoms with van der Waals surface area (Å²) >= 11 is 10.3. The minimum Gasteiger partial charge on any atom is -0.306 e. The van der Waals surface area contributed by atoms with E-state index in [4.69, 9.17) is 11.6 Å². The Kier molecular flexibility index (Phi) is 5.20. The zero-order chi connectivity index (χ0) is 15.0. The third-order valence-electron chi connectivity index (χ3n) is 3.77.